The Bertz CT molecular complexity index is 145. The third-order valence-corrected chi connectivity index (χ3v) is 1.31. The van der Waals surface area contributed by atoms with Crippen LogP contribution in [0.5, 0.6) is 0 Å². The number of quaternary nitrogens is 1. The van der Waals surface area contributed by atoms with Crippen LogP contribution in [-0.2, 0) is 0 Å². The predicted octanol–water partition coefficient (Wildman–Crippen LogP) is -0.251. The van der Waals surface area contributed by atoms with Gasteiger partial charge < -0.3 is 11.5 Å². The van der Waals surface area contributed by atoms with Gasteiger partial charge in [-0.05, 0) is 18.9 Å². The van der Waals surface area contributed by atoms with Crippen LogP contribution in [0.3, 0.4) is 0 Å². The predicted molar refractivity (Wildman–Crippen MR) is 32.5 cm³/mol. The molecule has 0 aromatic heterocycles. The van der Waals surface area contributed by atoms with Crippen molar-refractivity contribution in [2.75, 3.05) is 0 Å². The van der Waals surface area contributed by atoms with E-state index in [-0.39, 0.29) is 0 Å². The molecule has 0 fully saturated rings. The SMILES string of the molecule is NC1=C([NH3+])C=CCC1. The molecule has 0 saturated heterocycles. The third kappa shape index (κ3) is 0.898. The van der Waals surface area contributed by atoms with E-state index in [1.807, 2.05) is 6.08 Å². The summed E-state index contributed by atoms with van der Waals surface area (Å²) in [6.45, 7) is 0. The van der Waals surface area contributed by atoms with Gasteiger partial charge in [-0.2, -0.15) is 0 Å². The van der Waals surface area contributed by atoms with E-state index in [4.69, 9.17) is 5.73 Å². The minimum Gasteiger partial charge on any atom is -0.397 e. The zero-order valence-corrected chi connectivity index (χ0v) is 4.85. The maximum absolute atomic E-state index is 5.54. The zero-order valence-electron chi connectivity index (χ0n) is 4.85. The number of allylic oxidation sites excluding steroid dienone is 3. The molecule has 0 saturated carbocycles. The molecule has 1 aliphatic carbocycles. The Morgan fingerprint density at radius 3 is 2.75 bits per heavy atom. The Morgan fingerprint density at radius 2 is 2.38 bits per heavy atom. The van der Waals surface area contributed by atoms with Gasteiger partial charge in [0, 0.05) is 0 Å². The molecule has 2 nitrogen and oxygen atoms in total. The first-order valence-electron chi connectivity index (χ1n) is 2.78. The van der Waals surface area contributed by atoms with Crippen LogP contribution >= 0.6 is 0 Å². The average Bonchev–Trinajstić information content (AvgIpc) is 1.77. The Kier molecular flexibility index (Phi) is 1.35. The van der Waals surface area contributed by atoms with E-state index in [0.29, 0.717) is 0 Å². The Hall–Kier alpha value is -0.760. The van der Waals surface area contributed by atoms with Gasteiger partial charge in [-0.15, -0.1) is 0 Å². The van der Waals surface area contributed by atoms with E-state index in [1.54, 1.807) is 0 Å². The monoisotopic (exact) mass is 111 g/mol. The van der Waals surface area contributed by atoms with E-state index in [2.05, 4.69) is 11.8 Å². The second-order valence-electron chi connectivity index (χ2n) is 1.99. The van der Waals surface area contributed by atoms with Crippen molar-refractivity contribution >= 4 is 0 Å². The molecule has 0 aliphatic heterocycles. The van der Waals surface area contributed by atoms with E-state index in [1.165, 1.54) is 0 Å². The second kappa shape index (κ2) is 2.01. The fourth-order valence-electron chi connectivity index (χ4n) is 0.732. The van der Waals surface area contributed by atoms with Gasteiger partial charge in [0.1, 0.15) is 5.70 Å². The number of hydrogen-bond acceptors (Lipinski definition) is 1. The third-order valence-electron chi connectivity index (χ3n) is 1.31. The number of hydrogen-bond donors (Lipinski definition) is 2. The molecule has 0 radical (unpaired) electrons. The van der Waals surface area contributed by atoms with Crippen molar-refractivity contribution in [2.24, 2.45) is 5.73 Å². The van der Waals surface area contributed by atoms with E-state index in [0.717, 1.165) is 24.2 Å². The van der Waals surface area contributed by atoms with Crippen molar-refractivity contribution in [3.8, 4) is 0 Å². The van der Waals surface area contributed by atoms with Gasteiger partial charge in [0.2, 0.25) is 0 Å². The lowest BCUT2D eigenvalue weighted by molar-refractivity contribution is -0.297. The molecule has 0 amide bonds. The highest BCUT2D eigenvalue weighted by molar-refractivity contribution is 5.19. The molecule has 5 N–H and O–H groups in total. The molecule has 8 heavy (non-hydrogen) atoms. The molecule has 1 aliphatic rings. The summed E-state index contributed by atoms with van der Waals surface area (Å²) in [6.07, 6.45) is 6.12. The molecule has 0 heterocycles. The van der Waals surface area contributed by atoms with Gasteiger partial charge in [0.15, 0.2) is 0 Å². The molecular weight excluding hydrogens is 100 g/mol. The van der Waals surface area contributed by atoms with Crippen molar-refractivity contribution in [3.05, 3.63) is 23.5 Å². The molecule has 44 valence electrons. The Morgan fingerprint density at radius 1 is 1.62 bits per heavy atom. The average molecular weight is 111 g/mol. The summed E-state index contributed by atoms with van der Waals surface area (Å²) in [5, 5.41) is 0. The quantitative estimate of drug-likeness (QED) is 0.445. The van der Waals surface area contributed by atoms with Crippen LogP contribution in [0.4, 0.5) is 0 Å². The molecule has 0 aromatic carbocycles. The molecule has 0 aromatic rings. The summed E-state index contributed by atoms with van der Waals surface area (Å²) in [5.74, 6) is 0. The summed E-state index contributed by atoms with van der Waals surface area (Å²) in [5.41, 5.74) is 11.2. The summed E-state index contributed by atoms with van der Waals surface area (Å²) in [4.78, 5) is 0. The lowest BCUT2D eigenvalue weighted by Gasteiger charge is -2.02. The largest absolute Gasteiger partial charge is 0.397 e. The summed E-state index contributed by atoms with van der Waals surface area (Å²) < 4.78 is 0. The van der Waals surface area contributed by atoms with Gasteiger partial charge in [-0.3, -0.25) is 0 Å². The highest BCUT2D eigenvalue weighted by Gasteiger charge is 2.01. The highest BCUT2D eigenvalue weighted by atomic mass is 14.7. The van der Waals surface area contributed by atoms with Crippen molar-refractivity contribution in [1.82, 2.24) is 0 Å². The Labute approximate surface area is 48.9 Å². The molecule has 0 atom stereocenters. The molecule has 0 spiro atoms. The van der Waals surface area contributed by atoms with E-state index < -0.39 is 0 Å². The maximum Gasteiger partial charge on any atom is 0.146 e. The smallest absolute Gasteiger partial charge is 0.146 e. The molecule has 1 rings (SSSR count). The van der Waals surface area contributed by atoms with Crippen LogP contribution < -0.4 is 11.5 Å². The summed E-state index contributed by atoms with van der Waals surface area (Å²) in [6, 6.07) is 0. The standard InChI is InChI=1S/C6H10N2/c7-5-3-1-2-4-6(5)8/h1,3H,2,4,7-8H2/p+1. The lowest BCUT2D eigenvalue weighted by atomic mass is 10.1. The van der Waals surface area contributed by atoms with E-state index >= 15 is 0 Å². The fourth-order valence-corrected chi connectivity index (χ4v) is 0.732. The number of nitrogens with two attached hydrogens (primary N) is 1. The van der Waals surface area contributed by atoms with Gasteiger partial charge in [-0.1, -0.05) is 6.08 Å². The first-order valence-corrected chi connectivity index (χ1v) is 2.78. The van der Waals surface area contributed by atoms with Crippen LogP contribution in [0.1, 0.15) is 12.8 Å². The fraction of sp³-hybridized carbons (Fsp3) is 0.333. The second-order valence-corrected chi connectivity index (χ2v) is 1.99. The van der Waals surface area contributed by atoms with Crippen molar-refractivity contribution in [2.45, 2.75) is 12.8 Å². The molecule has 0 bridgehead atoms. The molecule has 2 heteroatoms. The summed E-state index contributed by atoms with van der Waals surface area (Å²) in [7, 11) is 0. The molecule has 0 unspecified atom stereocenters. The van der Waals surface area contributed by atoms with Gasteiger partial charge in [-0.25, -0.2) is 0 Å². The number of rotatable bonds is 0. The zero-order chi connectivity index (χ0) is 5.98. The van der Waals surface area contributed by atoms with Crippen LogP contribution in [0.2, 0.25) is 0 Å². The maximum atomic E-state index is 5.54. The van der Waals surface area contributed by atoms with Gasteiger partial charge in [0.25, 0.3) is 0 Å². The minimum absolute atomic E-state index is 0.938. The van der Waals surface area contributed by atoms with Gasteiger partial charge in [0.05, 0.1) is 5.70 Å². The van der Waals surface area contributed by atoms with Crippen LogP contribution in [0, 0.1) is 0 Å². The topological polar surface area (TPSA) is 53.7 Å². The highest BCUT2D eigenvalue weighted by Crippen LogP contribution is 2.07. The normalized spacial score (nSPS) is 19.6. The Balaban J connectivity index is 2.76. The van der Waals surface area contributed by atoms with Crippen LogP contribution in [0.25, 0.3) is 0 Å². The first kappa shape index (κ1) is 5.38. The lowest BCUT2D eigenvalue weighted by Crippen LogP contribution is -2.48. The minimum atomic E-state index is 0.938. The van der Waals surface area contributed by atoms with Crippen LogP contribution in [0.15, 0.2) is 23.5 Å². The van der Waals surface area contributed by atoms with Crippen LogP contribution in [-0.4, -0.2) is 0 Å². The molecular formula is C6H11N2+. The van der Waals surface area contributed by atoms with Crippen molar-refractivity contribution < 1.29 is 5.73 Å². The van der Waals surface area contributed by atoms with Gasteiger partial charge >= 0.3 is 0 Å². The first-order chi connectivity index (χ1) is 3.80. The van der Waals surface area contributed by atoms with Crippen molar-refractivity contribution in [3.63, 3.8) is 0 Å². The van der Waals surface area contributed by atoms with Crippen molar-refractivity contribution in [1.29, 1.82) is 0 Å². The van der Waals surface area contributed by atoms with E-state index in [9.17, 15) is 0 Å². The summed E-state index contributed by atoms with van der Waals surface area (Å²) >= 11 is 0.